The molecule has 1 heterocycles. The summed E-state index contributed by atoms with van der Waals surface area (Å²) in [6, 6.07) is 4.43. The fourth-order valence-corrected chi connectivity index (χ4v) is 5.66. The SMILES string of the molecule is Cl.c1csc(CNC23CC4CC(CC(C4)C2)C3)c1. The minimum absolute atomic E-state index is 0. The molecular formula is C15H22ClNS. The summed E-state index contributed by atoms with van der Waals surface area (Å²) in [5.41, 5.74) is 0.527. The Morgan fingerprint density at radius 2 is 1.72 bits per heavy atom. The normalized spacial score (nSPS) is 40.8. The predicted molar refractivity (Wildman–Crippen MR) is 79.3 cm³/mol. The Kier molecular flexibility index (Phi) is 3.46. The van der Waals surface area contributed by atoms with Crippen molar-refractivity contribution in [3.63, 3.8) is 0 Å². The van der Waals surface area contributed by atoms with Crippen LogP contribution < -0.4 is 5.32 Å². The molecule has 0 aliphatic heterocycles. The van der Waals surface area contributed by atoms with Gasteiger partial charge in [0.1, 0.15) is 0 Å². The Bertz CT molecular complexity index is 365. The summed E-state index contributed by atoms with van der Waals surface area (Å²) >= 11 is 1.89. The van der Waals surface area contributed by atoms with E-state index >= 15 is 0 Å². The molecule has 0 unspecified atom stereocenters. The van der Waals surface area contributed by atoms with Crippen LogP contribution in [0.25, 0.3) is 0 Å². The first-order valence-electron chi connectivity index (χ1n) is 7.09. The van der Waals surface area contributed by atoms with Crippen molar-refractivity contribution in [2.24, 2.45) is 17.8 Å². The number of hydrogen-bond acceptors (Lipinski definition) is 2. The van der Waals surface area contributed by atoms with Crippen LogP contribution in [0.5, 0.6) is 0 Å². The first kappa shape index (κ1) is 13.0. The van der Waals surface area contributed by atoms with Gasteiger partial charge in [0.15, 0.2) is 0 Å². The minimum Gasteiger partial charge on any atom is -0.306 e. The maximum Gasteiger partial charge on any atom is 0.0304 e. The number of nitrogens with one attached hydrogen (secondary N) is 1. The van der Waals surface area contributed by atoms with Crippen LogP contribution in [-0.2, 0) is 6.54 Å². The van der Waals surface area contributed by atoms with Crippen LogP contribution in [0.4, 0.5) is 0 Å². The van der Waals surface area contributed by atoms with Crippen LogP contribution in [0.15, 0.2) is 17.5 Å². The Morgan fingerprint density at radius 1 is 1.11 bits per heavy atom. The number of thiophene rings is 1. The number of rotatable bonds is 3. The zero-order valence-corrected chi connectivity index (χ0v) is 12.4. The average Bonchev–Trinajstić information content (AvgIpc) is 2.77. The molecule has 4 aliphatic rings. The Balaban J connectivity index is 0.000001000. The third-order valence-electron chi connectivity index (χ3n) is 5.26. The summed E-state index contributed by atoms with van der Waals surface area (Å²) in [7, 11) is 0. The quantitative estimate of drug-likeness (QED) is 0.875. The smallest absolute Gasteiger partial charge is 0.0304 e. The topological polar surface area (TPSA) is 12.0 Å². The molecule has 4 bridgehead atoms. The van der Waals surface area contributed by atoms with E-state index in [1.165, 1.54) is 24.1 Å². The van der Waals surface area contributed by atoms with Gasteiger partial charge in [-0.05, 0) is 67.7 Å². The highest BCUT2D eigenvalue weighted by atomic mass is 35.5. The molecule has 0 radical (unpaired) electrons. The third kappa shape index (κ3) is 2.23. The van der Waals surface area contributed by atoms with Crippen molar-refractivity contribution in [3.05, 3.63) is 22.4 Å². The standard InChI is InChI=1S/C15H21NS.ClH/c1-2-14(17-3-1)10-16-15-7-11-4-12(8-15)6-13(5-11)9-15;/h1-3,11-13,16H,4-10H2;1H. The van der Waals surface area contributed by atoms with Gasteiger partial charge in [0, 0.05) is 17.0 Å². The van der Waals surface area contributed by atoms with Crippen molar-refractivity contribution in [2.75, 3.05) is 0 Å². The highest BCUT2D eigenvalue weighted by Gasteiger charge is 2.50. The lowest BCUT2D eigenvalue weighted by atomic mass is 9.53. The molecule has 1 nitrogen and oxygen atoms in total. The molecule has 0 atom stereocenters. The predicted octanol–water partition coefficient (Wildman–Crippen LogP) is 4.23. The molecule has 1 aromatic heterocycles. The van der Waals surface area contributed by atoms with Gasteiger partial charge in [-0.2, -0.15) is 0 Å². The maximum atomic E-state index is 3.94. The highest BCUT2D eigenvalue weighted by Crippen LogP contribution is 2.55. The zero-order valence-electron chi connectivity index (χ0n) is 10.7. The fourth-order valence-electron chi connectivity index (χ4n) is 5.01. The van der Waals surface area contributed by atoms with Crippen molar-refractivity contribution < 1.29 is 0 Å². The van der Waals surface area contributed by atoms with Gasteiger partial charge in [-0.1, -0.05) is 6.07 Å². The van der Waals surface area contributed by atoms with Crippen LogP contribution in [0, 0.1) is 17.8 Å². The van der Waals surface area contributed by atoms with Gasteiger partial charge in [0.2, 0.25) is 0 Å². The van der Waals surface area contributed by atoms with E-state index in [0.717, 1.165) is 24.3 Å². The second-order valence-corrected chi connectivity index (χ2v) is 7.66. The number of hydrogen-bond donors (Lipinski definition) is 1. The Hall–Kier alpha value is -0.0500. The second-order valence-electron chi connectivity index (χ2n) is 6.63. The highest BCUT2D eigenvalue weighted by molar-refractivity contribution is 7.09. The molecule has 4 saturated carbocycles. The zero-order chi connectivity index (χ0) is 11.3. The van der Waals surface area contributed by atoms with Gasteiger partial charge in [-0.3, -0.25) is 0 Å². The van der Waals surface area contributed by atoms with Crippen molar-refractivity contribution in [1.82, 2.24) is 5.32 Å². The Morgan fingerprint density at radius 3 is 2.22 bits per heavy atom. The van der Waals surface area contributed by atoms with Gasteiger partial charge in [0.05, 0.1) is 0 Å². The van der Waals surface area contributed by atoms with Gasteiger partial charge < -0.3 is 5.32 Å². The molecule has 18 heavy (non-hydrogen) atoms. The first-order chi connectivity index (χ1) is 8.31. The van der Waals surface area contributed by atoms with Crippen molar-refractivity contribution >= 4 is 23.7 Å². The van der Waals surface area contributed by atoms with Crippen LogP contribution in [0.3, 0.4) is 0 Å². The van der Waals surface area contributed by atoms with Crippen LogP contribution >= 0.6 is 23.7 Å². The fraction of sp³-hybridized carbons (Fsp3) is 0.733. The lowest BCUT2D eigenvalue weighted by Crippen LogP contribution is -2.58. The van der Waals surface area contributed by atoms with E-state index in [4.69, 9.17) is 0 Å². The van der Waals surface area contributed by atoms with E-state index in [1.807, 2.05) is 11.3 Å². The van der Waals surface area contributed by atoms with Crippen LogP contribution in [-0.4, -0.2) is 5.54 Å². The lowest BCUT2D eigenvalue weighted by Gasteiger charge is -2.57. The van der Waals surface area contributed by atoms with E-state index in [0.29, 0.717) is 5.54 Å². The molecule has 0 spiro atoms. The molecule has 4 fully saturated rings. The molecule has 0 aromatic carbocycles. The second kappa shape index (κ2) is 4.81. The molecule has 100 valence electrons. The summed E-state index contributed by atoms with van der Waals surface area (Å²) in [6.07, 6.45) is 9.01. The van der Waals surface area contributed by atoms with E-state index < -0.39 is 0 Å². The lowest BCUT2D eigenvalue weighted by molar-refractivity contribution is -0.0204. The molecule has 1 N–H and O–H groups in total. The summed E-state index contributed by atoms with van der Waals surface area (Å²) in [5.74, 6) is 3.16. The molecular weight excluding hydrogens is 262 g/mol. The largest absolute Gasteiger partial charge is 0.306 e. The number of halogens is 1. The molecule has 0 amide bonds. The molecule has 0 saturated heterocycles. The maximum absolute atomic E-state index is 3.94. The van der Waals surface area contributed by atoms with Crippen molar-refractivity contribution in [1.29, 1.82) is 0 Å². The average molecular weight is 284 g/mol. The monoisotopic (exact) mass is 283 g/mol. The van der Waals surface area contributed by atoms with E-state index in [1.54, 1.807) is 19.3 Å². The third-order valence-corrected chi connectivity index (χ3v) is 6.13. The summed E-state index contributed by atoms with van der Waals surface area (Å²) in [4.78, 5) is 1.50. The van der Waals surface area contributed by atoms with Gasteiger partial charge in [-0.15, -0.1) is 23.7 Å². The van der Waals surface area contributed by atoms with E-state index in [9.17, 15) is 0 Å². The van der Waals surface area contributed by atoms with Gasteiger partial charge in [0.25, 0.3) is 0 Å². The van der Waals surface area contributed by atoms with Gasteiger partial charge in [-0.25, -0.2) is 0 Å². The Labute approximate surface area is 120 Å². The molecule has 1 aromatic rings. The molecule has 4 aliphatic carbocycles. The summed E-state index contributed by atoms with van der Waals surface area (Å²) < 4.78 is 0. The van der Waals surface area contributed by atoms with Gasteiger partial charge >= 0.3 is 0 Å². The van der Waals surface area contributed by atoms with Crippen molar-refractivity contribution in [3.8, 4) is 0 Å². The minimum atomic E-state index is 0. The molecule has 3 heteroatoms. The van der Waals surface area contributed by atoms with Crippen LogP contribution in [0.2, 0.25) is 0 Å². The van der Waals surface area contributed by atoms with E-state index in [2.05, 4.69) is 22.8 Å². The molecule has 5 rings (SSSR count). The van der Waals surface area contributed by atoms with E-state index in [-0.39, 0.29) is 12.4 Å². The first-order valence-corrected chi connectivity index (χ1v) is 7.97. The van der Waals surface area contributed by atoms with Crippen LogP contribution in [0.1, 0.15) is 43.4 Å². The summed E-state index contributed by atoms with van der Waals surface area (Å²) in [5, 5.41) is 6.13. The summed E-state index contributed by atoms with van der Waals surface area (Å²) in [6.45, 7) is 1.10. The van der Waals surface area contributed by atoms with Crippen molar-refractivity contribution in [2.45, 2.75) is 50.6 Å².